The van der Waals surface area contributed by atoms with Crippen molar-refractivity contribution in [1.29, 1.82) is 0 Å². The number of rotatable bonds is 3. The van der Waals surface area contributed by atoms with E-state index in [4.69, 9.17) is 11.6 Å². The van der Waals surface area contributed by atoms with E-state index in [1.165, 1.54) is 18.4 Å². The predicted molar refractivity (Wildman–Crippen MR) is 56.0 cm³/mol. The Bertz CT molecular complexity index is 294. The molecule has 1 aromatic carbocycles. The first-order chi connectivity index (χ1) is 6.25. The summed E-state index contributed by atoms with van der Waals surface area (Å²) < 4.78 is 0. The van der Waals surface area contributed by atoms with E-state index in [0.717, 1.165) is 11.1 Å². The van der Waals surface area contributed by atoms with Crippen LogP contribution in [0.4, 0.5) is 0 Å². The molecule has 1 nitrogen and oxygen atoms in total. The number of benzene rings is 1. The van der Waals surface area contributed by atoms with Gasteiger partial charge in [0.1, 0.15) is 0 Å². The lowest BCUT2D eigenvalue weighted by Gasteiger charge is -2.13. The van der Waals surface area contributed by atoms with Gasteiger partial charge in [-0.3, -0.25) is 0 Å². The number of hydrogen-bond donors (Lipinski definition) is 1. The molecule has 1 aliphatic rings. The van der Waals surface area contributed by atoms with Gasteiger partial charge in [-0.1, -0.05) is 23.7 Å². The van der Waals surface area contributed by atoms with Crippen molar-refractivity contribution < 1.29 is 0 Å². The first kappa shape index (κ1) is 9.04. The Hall–Kier alpha value is -0.530. The molecule has 0 radical (unpaired) electrons. The van der Waals surface area contributed by atoms with Gasteiger partial charge in [-0.15, -0.1) is 0 Å². The molecular formula is C11H14ClN. The molecule has 0 aromatic heterocycles. The normalized spacial score (nSPS) is 18.6. The van der Waals surface area contributed by atoms with Crippen molar-refractivity contribution in [3.05, 3.63) is 34.9 Å². The Kier molecular flexibility index (Phi) is 2.56. The number of halogens is 1. The molecule has 0 aliphatic heterocycles. The summed E-state index contributed by atoms with van der Waals surface area (Å²) in [6.45, 7) is 2.18. The lowest BCUT2D eigenvalue weighted by atomic mass is 10.1. The minimum absolute atomic E-state index is 0.422. The molecule has 1 saturated carbocycles. The molecule has 70 valence electrons. The van der Waals surface area contributed by atoms with Crippen LogP contribution in [-0.2, 0) is 0 Å². The molecule has 0 unspecified atom stereocenters. The van der Waals surface area contributed by atoms with Crippen LogP contribution in [0.15, 0.2) is 24.3 Å². The van der Waals surface area contributed by atoms with Crippen LogP contribution in [0.1, 0.15) is 31.4 Å². The molecular weight excluding hydrogens is 182 g/mol. The van der Waals surface area contributed by atoms with Gasteiger partial charge in [0.25, 0.3) is 0 Å². The summed E-state index contributed by atoms with van der Waals surface area (Å²) in [5.74, 6) is 0. The summed E-state index contributed by atoms with van der Waals surface area (Å²) in [6, 6.07) is 9.23. The third kappa shape index (κ3) is 2.45. The molecule has 1 aliphatic carbocycles. The van der Waals surface area contributed by atoms with Gasteiger partial charge in [-0.25, -0.2) is 0 Å². The number of nitrogens with one attached hydrogen (secondary N) is 1. The molecule has 0 bridgehead atoms. The quantitative estimate of drug-likeness (QED) is 0.782. The second-order valence-electron chi connectivity index (χ2n) is 3.72. The van der Waals surface area contributed by atoms with Gasteiger partial charge in [-0.05, 0) is 37.5 Å². The van der Waals surface area contributed by atoms with Gasteiger partial charge in [0.15, 0.2) is 0 Å². The van der Waals surface area contributed by atoms with Crippen LogP contribution < -0.4 is 5.32 Å². The summed E-state index contributed by atoms with van der Waals surface area (Å²) in [7, 11) is 0. The summed E-state index contributed by atoms with van der Waals surface area (Å²) in [6.07, 6.45) is 2.65. The maximum Gasteiger partial charge on any atom is 0.0409 e. The fourth-order valence-corrected chi connectivity index (χ4v) is 1.67. The molecule has 2 rings (SSSR count). The molecule has 1 fully saturated rings. The monoisotopic (exact) mass is 195 g/mol. The van der Waals surface area contributed by atoms with Crippen LogP contribution in [-0.4, -0.2) is 6.04 Å². The SMILES string of the molecule is C[C@@H](NC1CC1)c1cccc(Cl)c1. The van der Waals surface area contributed by atoms with E-state index in [-0.39, 0.29) is 0 Å². The fourth-order valence-electron chi connectivity index (χ4n) is 1.48. The van der Waals surface area contributed by atoms with Crippen molar-refractivity contribution in [3.8, 4) is 0 Å². The van der Waals surface area contributed by atoms with Gasteiger partial charge in [0.2, 0.25) is 0 Å². The van der Waals surface area contributed by atoms with Gasteiger partial charge in [-0.2, -0.15) is 0 Å². The topological polar surface area (TPSA) is 12.0 Å². The van der Waals surface area contributed by atoms with Crippen molar-refractivity contribution in [2.24, 2.45) is 0 Å². The van der Waals surface area contributed by atoms with Crippen LogP contribution in [0.2, 0.25) is 5.02 Å². The molecule has 1 N–H and O–H groups in total. The molecule has 1 atom stereocenters. The molecule has 0 spiro atoms. The van der Waals surface area contributed by atoms with E-state index in [9.17, 15) is 0 Å². The smallest absolute Gasteiger partial charge is 0.0409 e. The summed E-state index contributed by atoms with van der Waals surface area (Å²) in [5.41, 5.74) is 1.28. The molecule has 0 heterocycles. The van der Waals surface area contributed by atoms with E-state index in [1.54, 1.807) is 0 Å². The Morgan fingerprint density at radius 3 is 2.85 bits per heavy atom. The highest BCUT2D eigenvalue weighted by Gasteiger charge is 2.23. The highest BCUT2D eigenvalue weighted by atomic mass is 35.5. The van der Waals surface area contributed by atoms with Crippen molar-refractivity contribution in [2.45, 2.75) is 31.8 Å². The van der Waals surface area contributed by atoms with Crippen LogP contribution in [0.3, 0.4) is 0 Å². The van der Waals surface area contributed by atoms with Crippen LogP contribution >= 0.6 is 11.6 Å². The Morgan fingerprint density at radius 1 is 1.46 bits per heavy atom. The average molecular weight is 196 g/mol. The first-order valence-corrected chi connectivity index (χ1v) is 5.15. The average Bonchev–Trinajstić information content (AvgIpc) is 2.88. The standard InChI is InChI=1S/C11H14ClN/c1-8(13-11-5-6-11)9-3-2-4-10(12)7-9/h2-4,7-8,11,13H,5-6H2,1H3/t8-/m1/s1. The molecule has 0 saturated heterocycles. The Labute approximate surface area is 84.1 Å². The van der Waals surface area contributed by atoms with Gasteiger partial charge >= 0.3 is 0 Å². The van der Waals surface area contributed by atoms with Gasteiger partial charge in [0.05, 0.1) is 0 Å². The Morgan fingerprint density at radius 2 is 2.23 bits per heavy atom. The van der Waals surface area contributed by atoms with E-state index < -0.39 is 0 Å². The van der Waals surface area contributed by atoms with Crippen molar-refractivity contribution in [2.75, 3.05) is 0 Å². The summed E-state index contributed by atoms with van der Waals surface area (Å²) in [4.78, 5) is 0. The van der Waals surface area contributed by atoms with Crippen molar-refractivity contribution in [3.63, 3.8) is 0 Å². The highest BCUT2D eigenvalue weighted by molar-refractivity contribution is 6.30. The van der Waals surface area contributed by atoms with Crippen LogP contribution in [0.25, 0.3) is 0 Å². The molecule has 1 aromatic rings. The van der Waals surface area contributed by atoms with E-state index >= 15 is 0 Å². The minimum Gasteiger partial charge on any atom is -0.307 e. The summed E-state index contributed by atoms with van der Waals surface area (Å²) in [5, 5.41) is 4.36. The van der Waals surface area contributed by atoms with Crippen molar-refractivity contribution in [1.82, 2.24) is 5.32 Å². The zero-order valence-corrected chi connectivity index (χ0v) is 8.51. The molecule has 0 amide bonds. The number of hydrogen-bond acceptors (Lipinski definition) is 1. The minimum atomic E-state index is 0.422. The highest BCUT2D eigenvalue weighted by Crippen LogP contribution is 2.24. The zero-order chi connectivity index (χ0) is 9.26. The van der Waals surface area contributed by atoms with E-state index in [0.29, 0.717) is 6.04 Å². The fraction of sp³-hybridized carbons (Fsp3) is 0.455. The van der Waals surface area contributed by atoms with Crippen molar-refractivity contribution >= 4 is 11.6 Å². The second-order valence-corrected chi connectivity index (χ2v) is 4.15. The van der Waals surface area contributed by atoms with Gasteiger partial charge in [0, 0.05) is 17.1 Å². The van der Waals surface area contributed by atoms with Crippen LogP contribution in [0.5, 0.6) is 0 Å². The van der Waals surface area contributed by atoms with E-state index in [2.05, 4.69) is 18.3 Å². The van der Waals surface area contributed by atoms with Crippen LogP contribution in [0, 0.1) is 0 Å². The van der Waals surface area contributed by atoms with Gasteiger partial charge < -0.3 is 5.32 Å². The lowest BCUT2D eigenvalue weighted by molar-refractivity contribution is 0.571. The summed E-state index contributed by atoms with van der Waals surface area (Å²) >= 11 is 5.91. The molecule has 2 heteroatoms. The third-order valence-corrected chi connectivity index (χ3v) is 2.65. The van der Waals surface area contributed by atoms with E-state index in [1.807, 2.05) is 18.2 Å². The third-order valence-electron chi connectivity index (χ3n) is 2.41. The zero-order valence-electron chi connectivity index (χ0n) is 7.76. The maximum absolute atomic E-state index is 5.91. The second kappa shape index (κ2) is 3.69. The molecule has 13 heavy (non-hydrogen) atoms. The Balaban J connectivity index is 2.04. The largest absolute Gasteiger partial charge is 0.307 e. The first-order valence-electron chi connectivity index (χ1n) is 4.77. The maximum atomic E-state index is 5.91. The lowest BCUT2D eigenvalue weighted by Crippen LogP contribution is -2.20. The predicted octanol–water partition coefficient (Wildman–Crippen LogP) is 3.15.